The standard InChI is InChI=1S/C19H22ClNO2/c1-14-13-17(20)10-11-18(14)23-12-6-9-19(22)21-15(2)16-7-4-3-5-8-16/h3-5,7-8,10-11,13,15H,6,9,12H2,1-2H3,(H,21,22)/t15-/m0/s1. The van der Waals surface area contributed by atoms with Crippen LogP contribution >= 0.6 is 11.6 Å². The van der Waals surface area contributed by atoms with Gasteiger partial charge in [-0.25, -0.2) is 0 Å². The zero-order valence-electron chi connectivity index (χ0n) is 13.5. The van der Waals surface area contributed by atoms with Crippen LogP contribution in [-0.2, 0) is 4.79 Å². The van der Waals surface area contributed by atoms with Crippen molar-refractivity contribution < 1.29 is 9.53 Å². The second-order valence-corrected chi connectivity index (χ2v) is 6.00. The summed E-state index contributed by atoms with van der Waals surface area (Å²) in [5.41, 5.74) is 2.11. The van der Waals surface area contributed by atoms with Gasteiger partial charge >= 0.3 is 0 Å². The van der Waals surface area contributed by atoms with Crippen molar-refractivity contribution in [3.63, 3.8) is 0 Å². The summed E-state index contributed by atoms with van der Waals surface area (Å²) in [5, 5.41) is 3.70. The number of ether oxygens (including phenoxy) is 1. The van der Waals surface area contributed by atoms with Gasteiger partial charge in [0, 0.05) is 11.4 Å². The quantitative estimate of drug-likeness (QED) is 0.748. The molecule has 2 rings (SSSR count). The molecule has 0 saturated heterocycles. The Balaban J connectivity index is 1.70. The zero-order valence-corrected chi connectivity index (χ0v) is 14.3. The van der Waals surface area contributed by atoms with E-state index in [1.807, 2.05) is 56.3 Å². The molecule has 0 heterocycles. The Kier molecular flexibility index (Phi) is 6.48. The predicted octanol–water partition coefficient (Wildman–Crippen LogP) is 4.68. The molecule has 0 bridgehead atoms. The van der Waals surface area contributed by atoms with Crippen LogP contribution in [0.15, 0.2) is 48.5 Å². The highest BCUT2D eigenvalue weighted by atomic mass is 35.5. The molecule has 0 unspecified atom stereocenters. The fraction of sp³-hybridized carbons (Fsp3) is 0.316. The van der Waals surface area contributed by atoms with Crippen molar-refractivity contribution in [1.29, 1.82) is 0 Å². The molecule has 0 aromatic heterocycles. The minimum absolute atomic E-state index is 0.0168. The second-order valence-electron chi connectivity index (χ2n) is 5.56. The summed E-state index contributed by atoms with van der Waals surface area (Å²) in [7, 11) is 0. The number of halogens is 1. The molecule has 4 heteroatoms. The highest BCUT2D eigenvalue weighted by Crippen LogP contribution is 2.22. The maximum absolute atomic E-state index is 12.0. The first-order valence-electron chi connectivity index (χ1n) is 7.79. The third kappa shape index (κ3) is 5.61. The minimum atomic E-state index is 0.0168. The Hall–Kier alpha value is -2.00. The Morgan fingerprint density at radius 2 is 1.96 bits per heavy atom. The number of benzene rings is 2. The lowest BCUT2D eigenvalue weighted by atomic mass is 10.1. The molecule has 0 fully saturated rings. The van der Waals surface area contributed by atoms with E-state index in [-0.39, 0.29) is 11.9 Å². The number of aryl methyl sites for hydroxylation is 1. The summed E-state index contributed by atoms with van der Waals surface area (Å²) in [6.07, 6.45) is 1.12. The highest BCUT2D eigenvalue weighted by molar-refractivity contribution is 6.30. The number of carbonyl (C=O) groups is 1. The SMILES string of the molecule is Cc1cc(Cl)ccc1OCCCC(=O)N[C@@H](C)c1ccccc1. The lowest BCUT2D eigenvalue weighted by Gasteiger charge is -2.14. The largest absolute Gasteiger partial charge is 0.493 e. The lowest BCUT2D eigenvalue weighted by Crippen LogP contribution is -2.26. The van der Waals surface area contributed by atoms with Crippen molar-refractivity contribution in [2.24, 2.45) is 0 Å². The molecule has 2 aromatic rings. The lowest BCUT2D eigenvalue weighted by molar-refractivity contribution is -0.121. The minimum Gasteiger partial charge on any atom is -0.493 e. The van der Waals surface area contributed by atoms with Crippen LogP contribution < -0.4 is 10.1 Å². The van der Waals surface area contributed by atoms with Crippen LogP contribution in [0, 0.1) is 6.92 Å². The molecule has 3 nitrogen and oxygen atoms in total. The number of carbonyl (C=O) groups excluding carboxylic acids is 1. The molecule has 0 saturated carbocycles. The third-order valence-electron chi connectivity index (χ3n) is 3.62. The highest BCUT2D eigenvalue weighted by Gasteiger charge is 2.09. The molecule has 0 aliphatic rings. The van der Waals surface area contributed by atoms with Gasteiger partial charge in [-0.2, -0.15) is 0 Å². The maximum atomic E-state index is 12.0. The van der Waals surface area contributed by atoms with E-state index >= 15 is 0 Å². The fourth-order valence-corrected chi connectivity index (χ4v) is 2.55. The van der Waals surface area contributed by atoms with E-state index in [4.69, 9.17) is 16.3 Å². The van der Waals surface area contributed by atoms with Crippen LogP contribution in [-0.4, -0.2) is 12.5 Å². The molecule has 0 spiro atoms. The summed E-state index contributed by atoms with van der Waals surface area (Å²) in [4.78, 5) is 12.0. The molecule has 0 aliphatic heterocycles. The van der Waals surface area contributed by atoms with Crippen LogP contribution in [0.4, 0.5) is 0 Å². The first-order chi connectivity index (χ1) is 11.1. The van der Waals surface area contributed by atoms with Gasteiger partial charge in [0.15, 0.2) is 0 Å². The summed E-state index contributed by atoms with van der Waals surface area (Å²) < 4.78 is 5.69. The zero-order chi connectivity index (χ0) is 16.7. The van der Waals surface area contributed by atoms with Gasteiger partial charge in [-0.1, -0.05) is 41.9 Å². The number of amides is 1. The van der Waals surface area contributed by atoms with Crippen molar-refractivity contribution in [3.05, 3.63) is 64.7 Å². The van der Waals surface area contributed by atoms with Gasteiger partial charge in [0.2, 0.25) is 5.91 Å². The predicted molar refractivity (Wildman–Crippen MR) is 93.9 cm³/mol. The summed E-state index contributed by atoms with van der Waals surface area (Å²) >= 11 is 5.91. The molecule has 1 atom stereocenters. The van der Waals surface area contributed by atoms with Gasteiger partial charge in [-0.3, -0.25) is 4.79 Å². The number of nitrogens with one attached hydrogen (secondary N) is 1. The van der Waals surface area contributed by atoms with Crippen LogP contribution in [0.2, 0.25) is 5.02 Å². The van der Waals surface area contributed by atoms with Gasteiger partial charge in [0.25, 0.3) is 0 Å². The maximum Gasteiger partial charge on any atom is 0.220 e. The molecular formula is C19H22ClNO2. The molecule has 0 radical (unpaired) electrons. The summed E-state index contributed by atoms with van der Waals surface area (Å²) in [6, 6.07) is 15.5. The van der Waals surface area contributed by atoms with Crippen molar-refractivity contribution in [1.82, 2.24) is 5.32 Å². The van der Waals surface area contributed by atoms with Gasteiger partial charge in [-0.05, 0) is 49.6 Å². The first kappa shape index (κ1) is 17.4. The van der Waals surface area contributed by atoms with Crippen molar-refractivity contribution in [3.8, 4) is 5.75 Å². The molecule has 122 valence electrons. The van der Waals surface area contributed by atoms with Crippen molar-refractivity contribution >= 4 is 17.5 Å². The van der Waals surface area contributed by atoms with Gasteiger partial charge in [-0.15, -0.1) is 0 Å². The number of hydrogen-bond acceptors (Lipinski definition) is 2. The van der Waals surface area contributed by atoms with E-state index in [0.717, 1.165) is 16.9 Å². The Morgan fingerprint density at radius 3 is 2.65 bits per heavy atom. The van der Waals surface area contributed by atoms with Crippen LogP contribution in [0.25, 0.3) is 0 Å². The van der Waals surface area contributed by atoms with E-state index in [0.29, 0.717) is 24.5 Å². The average molecular weight is 332 g/mol. The summed E-state index contributed by atoms with van der Waals surface area (Å²) in [5.74, 6) is 0.852. The van der Waals surface area contributed by atoms with Gasteiger partial charge < -0.3 is 10.1 Å². The summed E-state index contributed by atoms with van der Waals surface area (Å²) in [6.45, 7) is 4.45. The molecule has 0 aliphatic carbocycles. The van der Waals surface area contributed by atoms with Crippen molar-refractivity contribution in [2.45, 2.75) is 32.7 Å². The normalized spacial score (nSPS) is 11.8. The van der Waals surface area contributed by atoms with Crippen LogP contribution in [0.1, 0.15) is 36.9 Å². The number of rotatable bonds is 7. The Bertz CT molecular complexity index is 643. The van der Waals surface area contributed by atoms with Gasteiger partial charge in [0.05, 0.1) is 12.6 Å². The van der Waals surface area contributed by atoms with E-state index in [1.54, 1.807) is 6.07 Å². The van der Waals surface area contributed by atoms with E-state index in [2.05, 4.69) is 5.32 Å². The molecule has 1 amide bonds. The van der Waals surface area contributed by atoms with E-state index in [1.165, 1.54) is 0 Å². The third-order valence-corrected chi connectivity index (χ3v) is 3.85. The Morgan fingerprint density at radius 1 is 1.22 bits per heavy atom. The first-order valence-corrected chi connectivity index (χ1v) is 8.17. The fourth-order valence-electron chi connectivity index (χ4n) is 2.33. The van der Waals surface area contributed by atoms with Crippen LogP contribution in [0.5, 0.6) is 5.75 Å². The van der Waals surface area contributed by atoms with E-state index < -0.39 is 0 Å². The Labute approximate surface area is 142 Å². The average Bonchev–Trinajstić information content (AvgIpc) is 2.54. The van der Waals surface area contributed by atoms with E-state index in [9.17, 15) is 4.79 Å². The number of hydrogen-bond donors (Lipinski definition) is 1. The molecule has 23 heavy (non-hydrogen) atoms. The smallest absolute Gasteiger partial charge is 0.220 e. The van der Waals surface area contributed by atoms with Crippen molar-refractivity contribution in [2.75, 3.05) is 6.61 Å². The monoisotopic (exact) mass is 331 g/mol. The molecule has 2 aromatic carbocycles. The second kappa shape index (κ2) is 8.59. The molecular weight excluding hydrogens is 310 g/mol. The molecule has 1 N–H and O–H groups in total. The van der Waals surface area contributed by atoms with Gasteiger partial charge in [0.1, 0.15) is 5.75 Å². The van der Waals surface area contributed by atoms with Crippen LogP contribution in [0.3, 0.4) is 0 Å². The topological polar surface area (TPSA) is 38.3 Å².